The van der Waals surface area contributed by atoms with Gasteiger partial charge in [0.05, 0.1) is 17.1 Å². The van der Waals surface area contributed by atoms with Crippen LogP contribution in [0.25, 0.3) is 16.9 Å². The lowest BCUT2D eigenvalue weighted by molar-refractivity contribution is 0.0697. The highest BCUT2D eigenvalue weighted by atomic mass is 19.1. The minimum absolute atomic E-state index is 0.126. The molecule has 3 aromatic rings. The zero-order chi connectivity index (χ0) is 17.4. The lowest BCUT2D eigenvalue weighted by atomic mass is 10.0. The number of rotatable bonds is 3. The Balaban J connectivity index is 2.32. The third kappa shape index (κ3) is 2.69. The number of halogens is 1. The Labute approximate surface area is 139 Å². The molecule has 0 amide bonds. The fourth-order valence-electron chi connectivity index (χ4n) is 2.88. The predicted molar refractivity (Wildman–Crippen MR) is 90.1 cm³/mol. The van der Waals surface area contributed by atoms with Gasteiger partial charge in [0.15, 0.2) is 0 Å². The van der Waals surface area contributed by atoms with Gasteiger partial charge in [-0.2, -0.15) is 5.10 Å². The highest BCUT2D eigenvalue weighted by molar-refractivity contribution is 5.96. The summed E-state index contributed by atoms with van der Waals surface area (Å²) in [6.07, 6.45) is 0. The van der Waals surface area contributed by atoms with Crippen molar-refractivity contribution in [2.45, 2.75) is 20.8 Å². The van der Waals surface area contributed by atoms with Crippen LogP contribution in [0.4, 0.5) is 4.39 Å². The second kappa shape index (κ2) is 5.92. The molecule has 1 heterocycles. The Morgan fingerprint density at radius 3 is 2.33 bits per heavy atom. The van der Waals surface area contributed by atoms with Crippen LogP contribution < -0.4 is 0 Å². The summed E-state index contributed by atoms with van der Waals surface area (Å²) in [6.45, 7) is 5.61. The van der Waals surface area contributed by atoms with Crippen LogP contribution in [0.5, 0.6) is 0 Å². The summed E-state index contributed by atoms with van der Waals surface area (Å²) >= 11 is 0. The maximum atomic E-state index is 13.3. The van der Waals surface area contributed by atoms with Gasteiger partial charge in [0.2, 0.25) is 0 Å². The van der Waals surface area contributed by atoms with E-state index in [0.717, 1.165) is 16.8 Å². The first-order valence-electron chi connectivity index (χ1n) is 7.55. The molecule has 0 aliphatic rings. The second-order valence-corrected chi connectivity index (χ2v) is 5.82. The Morgan fingerprint density at radius 1 is 1.08 bits per heavy atom. The molecule has 0 aliphatic heterocycles. The van der Waals surface area contributed by atoms with Crippen molar-refractivity contribution in [2.24, 2.45) is 0 Å². The van der Waals surface area contributed by atoms with E-state index in [0.29, 0.717) is 17.0 Å². The largest absolute Gasteiger partial charge is 0.478 e. The summed E-state index contributed by atoms with van der Waals surface area (Å²) in [6, 6.07) is 11.6. The molecule has 1 N–H and O–H groups in total. The number of carboxylic acid groups (broad SMARTS) is 1. The van der Waals surface area contributed by atoms with Crippen LogP contribution in [0.2, 0.25) is 0 Å². The minimum Gasteiger partial charge on any atom is -0.478 e. The predicted octanol–water partition coefficient (Wildman–Crippen LogP) is 4.30. The van der Waals surface area contributed by atoms with Gasteiger partial charge in [-0.15, -0.1) is 0 Å². The molecule has 0 unspecified atom stereocenters. The number of aryl methyl sites for hydroxylation is 3. The minimum atomic E-state index is -1.05. The summed E-state index contributed by atoms with van der Waals surface area (Å²) in [5.74, 6) is -1.42. The van der Waals surface area contributed by atoms with Crippen molar-refractivity contribution < 1.29 is 14.3 Å². The monoisotopic (exact) mass is 324 g/mol. The average Bonchev–Trinajstić information content (AvgIpc) is 2.85. The van der Waals surface area contributed by atoms with Gasteiger partial charge in [0, 0.05) is 5.56 Å². The van der Waals surface area contributed by atoms with Crippen LogP contribution in [0.3, 0.4) is 0 Å². The van der Waals surface area contributed by atoms with Crippen molar-refractivity contribution in [3.8, 4) is 16.9 Å². The van der Waals surface area contributed by atoms with E-state index >= 15 is 0 Å². The molecule has 0 saturated carbocycles. The molecule has 0 spiro atoms. The molecule has 0 aliphatic carbocycles. The maximum Gasteiger partial charge on any atom is 0.339 e. The number of hydrogen-bond acceptors (Lipinski definition) is 2. The summed E-state index contributed by atoms with van der Waals surface area (Å²) < 4.78 is 14.9. The summed E-state index contributed by atoms with van der Waals surface area (Å²) in [7, 11) is 0. The van der Waals surface area contributed by atoms with Gasteiger partial charge in [-0.1, -0.05) is 17.7 Å². The number of aromatic carboxylic acids is 1. The number of nitrogens with zero attached hydrogens (tertiary/aromatic N) is 2. The van der Waals surface area contributed by atoms with Crippen LogP contribution in [0.15, 0.2) is 42.5 Å². The lowest BCUT2D eigenvalue weighted by Crippen LogP contribution is -2.04. The molecule has 0 fully saturated rings. The molecule has 0 radical (unpaired) electrons. The molecule has 4 nitrogen and oxygen atoms in total. The van der Waals surface area contributed by atoms with Gasteiger partial charge in [-0.25, -0.2) is 13.9 Å². The van der Waals surface area contributed by atoms with Crippen molar-refractivity contribution in [3.63, 3.8) is 0 Å². The Bertz CT molecular complexity index is 927. The molecule has 0 atom stereocenters. The molecule has 0 bridgehead atoms. The van der Waals surface area contributed by atoms with E-state index < -0.39 is 5.97 Å². The van der Waals surface area contributed by atoms with Crippen LogP contribution in [0, 0.1) is 26.6 Å². The number of benzene rings is 2. The molecule has 24 heavy (non-hydrogen) atoms. The standard InChI is InChI=1S/C19H17FN2O2/c1-11-4-9-16(12(2)10-11)22-18(14-5-7-15(20)8-6-14)17(19(23)24)13(3)21-22/h4-10H,1-3H3,(H,23,24). The lowest BCUT2D eigenvalue weighted by Gasteiger charge is -2.12. The van der Waals surface area contributed by atoms with Crippen molar-refractivity contribution in [1.29, 1.82) is 0 Å². The van der Waals surface area contributed by atoms with Crippen LogP contribution in [-0.4, -0.2) is 20.9 Å². The van der Waals surface area contributed by atoms with Crippen molar-refractivity contribution >= 4 is 5.97 Å². The van der Waals surface area contributed by atoms with Gasteiger partial charge in [0.25, 0.3) is 0 Å². The van der Waals surface area contributed by atoms with Crippen molar-refractivity contribution in [1.82, 2.24) is 9.78 Å². The van der Waals surface area contributed by atoms with E-state index in [9.17, 15) is 14.3 Å². The van der Waals surface area contributed by atoms with E-state index in [2.05, 4.69) is 5.10 Å². The van der Waals surface area contributed by atoms with Crippen molar-refractivity contribution in [2.75, 3.05) is 0 Å². The van der Waals surface area contributed by atoms with Gasteiger partial charge >= 0.3 is 5.97 Å². The van der Waals surface area contributed by atoms with Gasteiger partial charge in [0.1, 0.15) is 11.4 Å². The summed E-state index contributed by atoms with van der Waals surface area (Å²) in [5, 5.41) is 14.0. The third-order valence-electron chi connectivity index (χ3n) is 3.97. The van der Waals surface area contributed by atoms with Crippen LogP contribution in [0.1, 0.15) is 27.2 Å². The first-order chi connectivity index (χ1) is 11.4. The zero-order valence-electron chi connectivity index (χ0n) is 13.7. The fraction of sp³-hybridized carbons (Fsp3) is 0.158. The van der Waals surface area contributed by atoms with Gasteiger partial charge < -0.3 is 5.11 Å². The van der Waals surface area contributed by atoms with Crippen molar-refractivity contribution in [3.05, 3.63) is 70.7 Å². The quantitative estimate of drug-likeness (QED) is 0.781. The smallest absolute Gasteiger partial charge is 0.339 e. The SMILES string of the molecule is Cc1ccc(-n2nc(C)c(C(=O)O)c2-c2ccc(F)cc2)c(C)c1. The van der Waals surface area contributed by atoms with E-state index in [1.165, 1.54) is 12.1 Å². The summed E-state index contributed by atoms with van der Waals surface area (Å²) in [5.41, 5.74) is 4.50. The Morgan fingerprint density at radius 2 is 1.75 bits per heavy atom. The van der Waals surface area contributed by atoms with Crippen LogP contribution in [-0.2, 0) is 0 Å². The topological polar surface area (TPSA) is 55.1 Å². The molecule has 1 aromatic heterocycles. The normalized spacial score (nSPS) is 10.8. The molecule has 122 valence electrons. The van der Waals surface area contributed by atoms with Gasteiger partial charge in [-0.3, -0.25) is 0 Å². The second-order valence-electron chi connectivity index (χ2n) is 5.82. The number of hydrogen-bond donors (Lipinski definition) is 1. The Kier molecular flexibility index (Phi) is 3.93. The molecular weight excluding hydrogens is 307 g/mol. The first-order valence-corrected chi connectivity index (χ1v) is 7.55. The molecule has 5 heteroatoms. The average molecular weight is 324 g/mol. The zero-order valence-corrected chi connectivity index (χ0v) is 13.7. The fourth-order valence-corrected chi connectivity index (χ4v) is 2.88. The summed E-state index contributed by atoms with van der Waals surface area (Å²) in [4.78, 5) is 11.7. The highest BCUT2D eigenvalue weighted by Gasteiger charge is 2.23. The third-order valence-corrected chi connectivity index (χ3v) is 3.97. The van der Waals surface area contributed by atoms with Crippen LogP contribution >= 0.6 is 0 Å². The van der Waals surface area contributed by atoms with E-state index in [-0.39, 0.29) is 11.4 Å². The molecule has 3 rings (SSSR count). The number of carboxylic acids is 1. The maximum absolute atomic E-state index is 13.3. The number of aromatic nitrogens is 2. The van der Waals surface area contributed by atoms with E-state index in [4.69, 9.17) is 0 Å². The van der Waals surface area contributed by atoms with Gasteiger partial charge in [-0.05, 0) is 56.7 Å². The highest BCUT2D eigenvalue weighted by Crippen LogP contribution is 2.30. The molecule has 0 saturated heterocycles. The molecular formula is C19H17FN2O2. The van der Waals surface area contributed by atoms with E-state index in [1.54, 1.807) is 23.7 Å². The number of carbonyl (C=O) groups is 1. The molecule has 2 aromatic carbocycles. The Hall–Kier alpha value is -2.95. The first kappa shape index (κ1) is 15.9. The van der Waals surface area contributed by atoms with E-state index in [1.807, 2.05) is 32.0 Å².